The van der Waals surface area contributed by atoms with Crippen molar-refractivity contribution in [3.05, 3.63) is 0 Å². The van der Waals surface area contributed by atoms with Crippen LogP contribution in [0.25, 0.3) is 0 Å². The summed E-state index contributed by atoms with van der Waals surface area (Å²) in [5.41, 5.74) is 5.49. The van der Waals surface area contributed by atoms with Gasteiger partial charge < -0.3 is 11.1 Å². The molecule has 0 unspecified atom stereocenters. The van der Waals surface area contributed by atoms with Gasteiger partial charge in [0.05, 0.1) is 5.75 Å². The highest BCUT2D eigenvalue weighted by Gasteiger charge is 2.39. The highest BCUT2D eigenvalue weighted by atomic mass is 32.2. The third-order valence-corrected chi connectivity index (χ3v) is 4.21. The molecule has 18 heavy (non-hydrogen) atoms. The summed E-state index contributed by atoms with van der Waals surface area (Å²) in [6.07, 6.45) is 4.21. The first kappa shape index (κ1) is 15.3. The molecular formula is C12H25N3O2S. The van der Waals surface area contributed by atoms with Gasteiger partial charge in [-0.25, -0.2) is 8.42 Å². The lowest BCUT2D eigenvalue weighted by Crippen LogP contribution is -2.46. The summed E-state index contributed by atoms with van der Waals surface area (Å²) in [5.74, 6) is 0.606. The first-order chi connectivity index (χ1) is 8.02. The van der Waals surface area contributed by atoms with E-state index in [0.717, 1.165) is 19.3 Å². The van der Waals surface area contributed by atoms with E-state index in [4.69, 9.17) is 5.73 Å². The molecule has 1 saturated carbocycles. The number of nitrogens with two attached hydrogens (primary N) is 1. The van der Waals surface area contributed by atoms with Crippen molar-refractivity contribution < 1.29 is 8.42 Å². The van der Waals surface area contributed by atoms with Gasteiger partial charge in [-0.3, -0.25) is 4.99 Å². The molecule has 3 N–H and O–H groups in total. The van der Waals surface area contributed by atoms with Gasteiger partial charge in [-0.15, -0.1) is 0 Å². The Morgan fingerprint density at radius 1 is 1.39 bits per heavy atom. The number of sulfone groups is 1. The Morgan fingerprint density at radius 2 is 1.94 bits per heavy atom. The number of hydrogen-bond donors (Lipinski definition) is 2. The molecule has 1 aliphatic rings. The molecule has 0 spiro atoms. The monoisotopic (exact) mass is 275 g/mol. The minimum absolute atomic E-state index is 0.128. The maximum atomic E-state index is 11.4. The van der Waals surface area contributed by atoms with Crippen molar-refractivity contribution in [1.29, 1.82) is 0 Å². The van der Waals surface area contributed by atoms with E-state index in [-0.39, 0.29) is 16.7 Å². The molecule has 1 rings (SSSR count). The van der Waals surface area contributed by atoms with Crippen LogP contribution in [-0.2, 0) is 9.84 Å². The molecule has 0 aromatic carbocycles. The Kier molecular flexibility index (Phi) is 4.30. The van der Waals surface area contributed by atoms with E-state index in [1.807, 2.05) is 20.8 Å². The number of aliphatic imine (C=N–C) groups is 1. The Labute approximate surface area is 110 Å². The second-order valence-electron chi connectivity index (χ2n) is 6.50. The summed E-state index contributed by atoms with van der Waals surface area (Å²) in [6.45, 7) is 6.51. The average molecular weight is 275 g/mol. The molecule has 0 radical (unpaired) electrons. The molecule has 5 nitrogen and oxygen atoms in total. The normalized spacial score (nSPS) is 20.3. The van der Waals surface area contributed by atoms with E-state index in [9.17, 15) is 8.42 Å². The van der Waals surface area contributed by atoms with Gasteiger partial charge in [-0.2, -0.15) is 0 Å². The standard InChI is InChI=1S/C12H25N3O2S/c1-11(2,3)15-10(13)14-8-12(6-5-7-12)9-18(4,16)17/h5-9H2,1-4H3,(H3,13,14,15). The maximum Gasteiger partial charge on any atom is 0.189 e. The minimum Gasteiger partial charge on any atom is -0.370 e. The Morgan fingerprint density at radius 3 is 2.28 bits per heavy atom. The van der Waals surface area contributed by atoms with Crippen molar-refractivity contribution in [1.82, 2.24) is 5.32 Å². The summed E-state index contributed by atoms with van der Waals surface area (Å²) in [7, 11) is -2.96. The molecule has 0 bridgehead atoms. The van der Waals surface area contributed by atoms with E-state index in [1.165, 1.54) is 6.26 Å². The lowest BCUT2D eigenvalue weighted by Gasteiger charge is -2.40. The average Bonchev–Trinajstić information content (AvgIpc) is 2.04. The van der Waals surface area contributed by atoms with Crippen molar-refractivity contribution >= 4 is 15.8 Å². The first-order valence-corrected chi connectivity index (χ1v) is 8.33. The predicted octanol–water partition coefficient (Wildman–Crippen LogP) is 0.904. The highest BCUT2D eigenvalue weighted by Crippen LogP contribution is 2.42. The van der Waals surface area contributed by atoms with Crippen LogP contribution >= 0.6 is 0 Å². The van der Waals surface area contributed by atoms with Gasteiger partial charge in [0.2, 0.25) is 0 Å². The summed E-state index contributed by atoms with van der Waals surface area (Å²) in [5, 5.41) is 3.08. The van der Waals surface area contributed by atoms with Crippen LogP contribution in [0, 0.1) is 5.41 Å². The van der Waals surface area contributed by atoms with Crippen molar-refractivity contribution in [3.63, 3.8) is 0 Å². The molecule has 106 valence electrons. The summed E-state index contributed by atoms with van der Waals surface area (Å²) >= 11 is 0. The zero-order valence-electron chi connectivity index (χ0n) is 11.8. The fraction of sp³-hybridized carbons (Fsp3) is 0.917. The summed E-state index contributed by atoms with van der Waals surface area (Å²) in [6, 6.07) is 0. The van der Waals surface area contributed by atoms with Crippen LogP contribution in [0.15, 0.2) is 4.99 Å². The van der Waals surface area contributed by atoms with Crippen molar-refractivity contribution in [2.24, 2.45) is 16.1 Å². The van der Waals surface area contributed by atoms with Crippen LogP contribution in [0.4, 0.5) is 0 Å². The smallest absolute Gasteiger partial charge is 0.189 e. The van der Waals surface area contributed by atoms with E-state index in [0.29, 0.717) is 12.5 Å². The van der Waals surface area contributed by atoms with Gasteiger partial charge in [0.25, 0.3) is 0 Å². The number of nitrogens with zero attached hydrogens (tertiary/aromatic N) is 1. The van der Waals surface area contributed by atoms with Crippen molar-refractivity contribution in [2.75, 3.05) is 18.6 Å². The Bertz CT molecular complexity index is 417. The molecule has 0 atom stereocenters. The molecule has 0 aromatic rings. The van der Waals surface area contributed by atoms with Gasteiger partial charge in [-0.1, -0.05) is 6.42 Å². The maximum absolute atomic E-state index is 11.4. The third-order valence-electron chi connectivity index (χ3n) is 3.07. The van der Waals surface area contributed by atoms with E-state index >= 15 is 0 Å². The fourth-order valence-electron chi connectivity index (χ4n) is 2.26. The lowest BCUT2D eigenvalue weighted by molar-refractivity contribution is 0.177. The molecule has 0 heterocycles. The quantitative estimate of drug-likeness (QED) is 0.590. The van der Waals surface area contributed by atoms with Gasteiger partial charge in [0.15, 0.2) is 5.96 Å². The van der Waals surface area contributed by atoms with Crippen molar-refractivity contribution in [3.8, 4) is 0 Å². The highest BCUT2D eigenvalue weighted by molar-refractivity contribution is 7.90. The van der Waals surface area contributed by atoms with Crippen LogP contribution in [0.1, 0.15) is 40.0 Å². The van der Waals surface area contributed by atoms with E-state index in [2.05, 4.69) is 10.3 Å². The number of hydrogen-bond acceptors (Lipinski definition) is 3. The van der Waals surface area contributed by atoms with Crippen LogP contribution in [0.3, 0.4) is 0 Å². The molecule has 0 aliphatic heterocycles. The molecule has 0 saturated heterocycles. The van der Waals surface area contributed by atoms with Crippen LogP contribution in [0.2, 0.25) is 0 Å². The van der Waals surface area contributed by atoms with Crippen LogP contribution in [-0.4, -0.2) is 38.5 Å². The van der Waals surface area contributed by atoms with Gasteiger partial charge in [0, 0.05) is 23.8 Å². The van der Waals surface area contributed by atoms with Gasteiger partial charge in [0.1, 0.15) is 9.84 Å². The van der Waals surface area contributed by atoms with Crippen molar-refractivity contribution in [2.45, 2.75) is 45.6 Å². The molecule has 0 aromatic heterocycles. The minimum atomic E-state index is -2.96. The zero-order valence-corrected chi connectivity index (χ0v) is 12.6. The first-order valence-electron chi connectivity index (χ1n) is 6.27. The second-order valence-corrected chi connectivity index (χ2v) is 8.64. The molecule has 1 fully saturated rings. The molecule has 6 heteroatoms. The summed E-state index contributed by atoms with van der Waals surface area (Å²) < 4.78 is 22.8. The lowest BCUT2D eigenvalue weighted by atomic mass is 9.70. The van der Waals surface area contributed by atoms with Crippen LogP contribution in [0.5, 0.6) is 0 Å². The Balaban J connectivity index is 2.62. The number of rotatable bonds is 4. The van der Waals surface area contributed by atoms with Gasteiger partial charge >= 0.3 is 0 Å². The fourth-order valence-corrected chi connectivity index (χ4v) is 3.75. The van der Waals surface area contributed by atoms with Gasteiger partial charge in [-0.05, 0) is 33.6 Å². The number of guanidine groups is 1. The molecular weight excluding hydrogens is 250 g/mol. The zero-order chi connectivity index (χ0) is 14.0. The third kappa shape index (κ3) is 5.25. The predicted molar refractivity (Wildman–Crippen MR) is 75.4 cm³/mol. The second kappa shape index (κ2) is 5.07. The topological polar surface area (TPSA) is 84.5 Å². The summed E-state index contributed by atoms with van der Waals surface area (Å²) in [4.78, 5) is 4.31. The largest absolute Gasteiger partial charge is 0.370 e. The molecule has 1 aliphatic carbocycles. The van der Waals surface area contributed by atoms with E-state index < -0.39 is 9.84 Å². The SMILES string of the molecule is CC(C)(C)NC(N)=NCC1(CS(C)(=O)=O)CCC1. The Hall–Kier alpha value is -0.780. The van der Waals surface area contributed by atoms with E-state index in [1.54, 1.807) is 0 Å². The molecule has 0 amide bonds. The number of nitrogens with one attached hydrogen (secondary N) is 1. The van der Waals surface area contributed by atoms with Crippen LogP contribution < -0.4 is 11.1 Å².